The van der Waals surface area contributed by atoms with E-state index in [1.165, 1.54) is 18.2 Å². The normalized spacial score (nSPS) is 15.8. The van der Waals surface area contributed by atoms with Gasteiger partial charge < -0.3 is 14.2 Å². The summed E-state index contributed by atoms with van der Waals surface area (Å²) in [6.45, 7) is 3.93. The summed E-state index contributed by atoms with van der Waals surface area (Å²) in [6, 6.07) is 16.0. The minimum absolute atomic E-state index is 0.0366. The zero-order valence-corrected chi connectivity index (χ0v) is 22.3. The molecule has 0 aliphatic carbocycles. The van der Waals surface area contributed by atoms with Crippen LogP contribution in [0.15, 0.2) is 75.5 Å². The fourth-order valence-corrected chi connectivity index (χ4v) is 5.20. The SMILES string of the molecule is CCOc1cc(/C=C2/SC(=Nc3ccc(Cl)c(Cl)c3)NC2=O)ccc1OS(=O)(=O)c1ccc(C)cc1. The van der Waals surface area contributed by atoms with Gasteiger partial charge in [-0.2, -0.15) is 8.42 Å². The van der Waals surface area contributed by atoms with E-state index >= 15 is 0 Å². The number of carbonyl (C=O) groups is 1. The van der Waals surface area contributed by atoms with Crippen LogP contribution in [0.4, 0.5) is 5.69 Å². The summed E-state index contributed by atoms with van der Waals surface area (Å²) in [5.41, 5.74) is 2.09. The molecule has 186 valence electrons. The molecule has 11 heteroatoms. The number of nitrogens with zero attached hydrogens (tertiary/aromatic N) is 1. The second-order valence-electron chi connectivity index (χ2n) is 7.57. The Kier molecular flexibility index (Phi) is 7.94. The van der Waals surface area contributed by atoms with Crippen molar-refractivity contribution < 1.29 is 22.1 Å². The molecule has 0 atom stereocenters. The second kappa shape index (κ2) is 11.0. The monoisotopic (exact) mass is 562 g/mol. The Morgan fingerprint density at radius 2 is 1.75 bits per heavy atom. The van der Waals surface area contributed by atoms with E-state index in [-0.39, 0.29) is 28.9 Å². The molecule has 36 heavy (non-hydrogen) atoms. The molecular weight excluding hydrogens is 543 g/mol. The molecule has 1 saturated heterocycles. The number of aryl methyl sites for hydroxylation is 1. The minimum Gasteiger partial charge on any atom is -0.490 e. The Morgan fingerprint density at radius 1 is 1.00 bits per heavy atom. The molecule has 0 saturated carbocycles. The van der Waals surface area contributed by atoms with Crippen LogP contribution in [0.2, 0.25) is 10.0 Å². The largest absolute Gasteiger partial charge is 0.490 e. The van der Waals surface area contributed by atoms with Crippen molar-refractivity contribution in [2.24, 2.45) is 4.99 Å². The Morgan fingerprint density at radius 3 is 2.44 bits per heavy atom. The number of amidine groups is 1. The molecule has 0 unspecified atom stereocenters. The van der Waals surface area contributed by atoms with E-state index in [0.29, 0.717) is 31.4 Å². The molecule has 3 aromatic rings. The highest BCUT2D eigenvalue weighted by atomic mass is 35.5. The van der Waals surface area contributed by atoms with Crippen molar-refractivity contribution in [2.75, 3.05) is 6.61 Å². The van der Waals surface area contributed by atoms with E-state index in [2.05, 4.69) is 10.3 Å². The number of benzene rings is 3. The number of nitrogens with one attached hydrogen (secondary N) is 1. The van der Waals surface area contributed by atoms with Crippen LogP contribution in [-0.4, -0.2) is 26.1 Å². The third kappa shape index (κ3) is 6.22. The summed E-state index contributed by atoms with van der Waals surface area (Å²) >= 11 is 13.1. The van der Waals surface area contributed by atoms with E-state index in [1.807, 2.05) is 6.92 Å². The highest BCUT2D eigenvalue weighted by Gasteiger charge is 2.24. The maximum Gasteiger partial charge on any atom is 0.339 e. The van der Waals surface area contributed by atoms with Gasteiger partial charge in [0.15, 0.2) is 16.7 Å². The first-order valence-corrected chi connectivity index (χ1v) is 13.7. The number of hydrogen-bond acceptors (Lipinski definition) is 7. The zero-order chi connectivity index (χ0) is 25.9. The third-order valence-electron chi connectivity index (χ3n) is 4.86. The van der Waals surface area contributed by atoms with Crippen LogP contribution in [0, 0.1) is 6.92 Å². The smallest absolute Gasteiger partial charge is 0.339 e. The van der Waals surface area contributed by atoms with Crippen molar-refractivity contribution in [2.45, 2.75) is 18.7 Å². The summed E-state index contributed by atoms with van der Waals surface area (Å²) in [7, 11) is -4.05. The molecule has 1 N–H and O–H groups in total. The van der Waals surface area contributed by atoms with Crippen molar-refractivity contribution in [1.82, 2.24) is 5.32 Å². The average Bonchev–Trinajstić information content (AvgIpc) is 3.16. The molecule has 0 radical (unpaired) electrons. The lowest BCUT2D eigenvalue weighted by Crippen LogP contribution is -2.19. The first-order valence-electron chi connectivity index (χ1n) is 10.7. The standard InChI is InChI=1S/C25H20Cl2N2O5S2/c1-3-33-22-12-16(6-11-21(22)34-36(31,32)18-8-4-15(2)5-9-18)13-23-24(30)29-25(35-23)28-17-7-10-19(26)20(27)14-17/h4-14H,3H2,1-2H3,(H,28,29,30)/b23-13+. The van der Waals surface area contributed by atoms with Crippen molar-refractivity contribution in [3.8, 4) is 11.5 Å². The fourth-order valence-electron chi connectivity index (χ4n) is 3.13. The van der Waals surface area contributed by atoms with Gasteiger partial charge in [0, 0.05) is 0 Å². The average molecular weight is 563 g/mol. The Balaban J connectivity index is 1.57. The fraction of sp³-hybridized carbons (Fsp3) is 0.120. The Bertz CT molecular complexity index is 1490. The van der Waals surface area contributed by atoms with Gasteiger partial charge in [0.25, 0.3) is 5.91 Å². The maximum atomic E-state index is 12.7. The van der Waals surface area contributed by atoms with Crippen LogP contribution in [0.25, 0.3) is 6.08 Å². The second-order valence-corrected chi connectivity index (χ2v) is 11.0. The van der Waals surface area contributed by atoms with Crippen LogP contribution < -0.4 is 14.2 Å². The molecule has 0 bridgehead atoms. The van der Waals surface area contributed by atoms with E-state index in [9.17, 15) is 13.2 Å². The quantitative estimate of drug-likeness (QED) is 0.266. The van der Waals surface area contributed by atoms with Gasteiger partial charge in [-0.25, -0.2) is 4.99 Å². The molecule has 1 aliphatic rings. The van der Waals surface area contributed by atoms with Gasteiger partial charge in [-0.1, -0.05) is 47.0 Å². The number of rotatable bonds is 7. The molecule has 1 heterocycles. The van der Waals surface area contributed by atoms with E-state index in [0.717, 1.165) is 17.3 Å². The number of ether oxygens (including phenoxy) is 1. The molecule has 1 fully saturated rings. The topological polar surface area (TPSA) is 94.1 Å². The van der Waals surface area contributed by atoms with Crippen molar-refractivity contribution in [1.29, 1.82) is 0 Å². The summed E-state index contributed by atoms with van der Waals surface area (Å²) in [5, 5.41) is 3.86. The van der Waals surface area contributed by atoms with Crippen LogP contribution in [0.3, 0.4) is 0 Å². The molecular formula is C25H20Cl2N2O5S2. The molecule has 4 rings (SSSR count). The minimum atomic E-state index is -4.05. The van der Waals surface area contributed by atoms with Crippen molar-refractivity contribution in [3.05, 3.63) is 86.7 Å². The van der Waals surface area contributed by atoms with Crippen molar-refractivity contribution >= 4 is 67.9 Å². The summed E-state index contributed by atoms with van der Waals surface area (Å²) in [6.07, 6.45) is 1.65. The van der Waals surface area contributed by atoms with Gasteiger partial charge in [-0.15, -0.1) is 0 Å². The summed E-state index contributed by atoms with van der Waals surface area (Å²) < 4.78 is 36.4. The molecule has 3 aromatic carbocycles. The summed E-state index contributed by atoms with van der Waals surface area (Å²) in [5.74, 6) is -0.0420. The molecule has 0 aromatic heterocycles. The van der Waals surface area contributed by atoms with E-state index in [1.54, 1.807) is 55.5 Å². The highest BCUT2D eigenvalue weighted by Crippen LogP contribution is 2.34. The predicted octanol–water partition coefficient (Wildman–Crippen LogP) is 6.36. The molecule has 1 aliphatic heterocycles. The maximum absolute atomic E-state index is 12.7. The number of thioether (sulfide) groups is 1. The van der Waals surface area contributed by atoms with Crippen LogP contribution in [0.5, 0.6) is 11.5 Å². The Labute approximate surface area is 223 Å². The number of carbonyl (C=O) groups excluding carboxylic acids is 1. The number of halogens is 2. The number of amides is 1. The first-order chi connectivity index (χ1) is 17.1. The number of aliphatic imine (C=N–C) groups is 1. The van der Waals surface area contributed by atoms with Crippen LogP contribution in [-0.2, 0) is 14.9 Å². The lowest BCUT2D eigenvalue weighted by Gasteiger charge is -2.13. The lowest BCUT2D eigenvalue weighted by atomic mass is 10.2. The van der Waals surface area contributed by atoms with Gasteiger partial charge in [-0.3, -0.25) is 4.79 Å². The van der Waals surface area contributed by atoms with Gasteiger partial charge in [0.2, 0.25) is 0 Å². The van der Waals surface area contributed by atoms with Gasteiger partial charge in [0.05, 0.1) is 27.2 Å². The first kappa shape index (κ1) is 26.1. The van der Waals surface area contributed by atoms with Crippen LogP contribution >= 0.6 is 35.0 Å². The van der Waals surface area contributed by atoms with Gasteiger partial charge in [-0.05, 0) is 79.7 Å². The zero-order valence-electron chi connectivity index (χ0n) is 19.1. The highest BCUT2D eigenvalue weighted by molar-refractivity contribution is 8.18. The summed E-state index contributed by atoms with van der Waals surface area (Å²) in [4.78, 5) is 17.3. The Hall–Kier alpha value is -2.98. The number of hydrogen-bond donors (Lipinski definition) is 1. The van der Waals surface area contributed by atoms with Crippen LogP contribution in [0.1, 0.15) is 18.1 Å². The third-order valence-corrected chi connectivity index (χ3v) is 7.76. The molecule has 0 spiro atoms. The lowest BCUT2D eigenvalue weighted by molar-refractivity contribution is -0.115. The van der Waals surface area contributed by atoms with Gasteiger partial charge in [0.1, 0.15) is 4.90 Å². The van der Waals surface area contributed by atoms with E-state index in [4.69, 9.17) is 32.1 Å². The van der Waals surface area contributed by atoms with Gasteiger partial charge >= 0.3 is 10.1 Å². The van der Waals surface area contributed by atoms with Crippen molar-refractivity contribution in [3.63, 3.8) is 0 Å². The molecule has 7 nitrogen and oxygen atoms in total. The predicted molar refractivity (Wildman–Crippen MR) is 144 cm³/mol. The van der Waals surface area contributed by atoms with E-state index < -0.39 is 10.1 Å². The molecule has 1 amide bonds.